The summed E-state index contributed by atoms with van der Waals surface area (Å²) in [5.74, 6) is 3.25. The molecule has 4 fully saturated rings. The van der Waals surface area contributed by atoms with Crippen LogP contribution in [-0.4, -0.2) is 11.1 Å². The second kappa shape index (κ2) is 4.13. The summed E-state index contributed by atoms with van der Waals surface area (Å²) in [5, 5.41) is 3.49. The van der Waals surface area contributed by atoms with Crippen LogP contribution >= 0.6 is 0 Å². The number of rotatable bonds is 2. The summed E-state index contributed by atoms with van der Waals surface area (Å²) < 4.78 is 2.62. The Morgan fingerprint density at radius 3 is 2.45 bits per heavy atom. The first kappa shape index (κ1) is 11.9. The Morgan fingerprint density at radius 2 is 1.75 bits per heavy atom. The Hall–Kier alpha value is -0.760. The quantitative estimate of drug-likeness (QED) is 0.872. The average Bonchev–Trinajstić information content (AvgIpc) is 2.80. The topological polar surface area (TPSA) is 17.0 Å². The summed E-state index contributed by atoms with van der Waals surface area (Å²) in [6, 6.07) is 4.79. The van der Waals surface area contributed by atoms with Crippen LogP contribution in [0, 0.1) is 23.2 Å². The predicted octanol–water partition coefficient (Wildman–Crippen LogP) is 3.35. The lowest BCUT2D eigenvalue weighted by atomic mass is 9.48. The fourth-order valence-corrected chi connectivity index (χ4v) is 6.45. The molecular weight excluding hydrogens is 244 g/mol. The van der Waals surface area contributed by atoms with Crippen LogP contribution in [-0.2, 0) is 19.5 Å². The molecule has 2 nitrogen and oxygen atoms in total. The van der Waals surface area contributed by atoms with Crippen LogP contribution < -0.4 is 5.32 Å². The first-order valence-corrected chi connectivity index (χ1v) is 8.68. The minimum atomic E-state index is 0.689. The highest BCUT2D eigenvalue weighted by Crippen LogP contribution is 2.61. The van der Waals surface area contributed by atoms with Crippen molar-refractivity contribution in [2.75, 3.05) is 6.54 Å². The highest BCUT2D eigenvalue weighted by Gasteiger charge is 2.50. The molecule has 1 aromatic heterocycles. The minimum Gasteiger partial charge on any atom is -0.346 e. The van der Waals surface area contributed by atoms with Gasteiger partial charge in [0.15, 0.2) is 0 Å². The normalized spacial score (nSPS) is 41.9. The Bertz CT molecular complexity index is 492. The fourth-order valence-electron chi connectivity index (χ4n) is 6.45. The average molecular weight is 270 g/mol. The van der Waals surface area contributed by atoms with E-state index >= 15 is 0 Å². The second-order valence-electron chi connectivity index (χ2n) is 8.24. The first-order valence-electron chi connectivity index (χ1n) is 8.68. The molecule has 20 heavy (non-hydrogen) atoms. The van der Waals surface area contributed by atoms with E-state index in [9.17, 15) is 0 Å². The number of nitrogens with one attached hydrogen (secondary N) is 1. The molecule has 0 spiro atoms. The molecule has 1 aliphatic heterocycles. The van der Waals surface area contributed by atoms with Crippen molar-refractivity contribution in [3.63, 3.8) is 0 Å². The van der Waals surface area contributed by atoms with Crippen molar-refractivity contribution in [3.05, 3.63) is 23.5 Å². The van der Waals surface area contributed by atoms with Gasteiger partial charge < -0.3 is 9.88 Å². The maximum Gasteiger partial charge on any atom is 0.0360 e. The van der Waals surface area contributed by atoms with Gasteiger partial charge >= 0.3 is 0 Å². The second-order valence-corrected chi connectivity index (χ2v) is 8.24. The zero-order valence-electron chi connectivity index (χ0n) is 12.4. The maximum absolute atomic E-state index is 3.49. The highest BCUT2D eigenvalue weighted by atomic mass is 15.1. The molecular formula is C18H26N2. The van der Waals surface area contributed by atoms with Crippen LogP contribution in [0.15, 0.2) is 12.1 Å². The number of hydrogen-bond acceptors (Lipinski definition) is 1. The standard InChI is InChI=1S/C18H26N2/c1-2-17-12-19-3-4-20(17)16(1)11-18-8-13-5-14(9-18)7-15(6-13)10-18/h1-2,13-15,19H,3-12H2. The number of hydrogen-bond donors (Lipinski definition) is 1. The van der Waals surface area contributed by atoms with Gasteiger partial charge in [-0.1, -0.05) is 0 Å². The maximum atomic E-state index is 3.49. The Balaban J connectivity index is 1.45. The van der Waals surface area contributed by atoms with E-state index in [1.165, 1.54) is 18.7 Å². The monoisotopic (exact) mass is 270 g/mol. The number of fused-ring (bicyclic) bond motifs is 1. The SMILES string of the molecule is c1cc(CC23CC4CC(CC(C4)C2)C3)n2c1CNCC2. The molecule has 0 atom stereocenters. The summed E-state index contributed by atoms with van der Waals surface area (Å²) in [7, 11) is 0. The molecule has 4 saturated carbocycles. The lowest BCUT2D eigenvalue weighted by molar-refractivity contribution is -0.0530. The van der Waals surface area contributed by atoms with Crippen molar-refractivity contribution in [2.45, 2.75) is 58.0 Å². The van der Waals surface area contributed by atoms with Crippen LogP contribution in [0.5, 0.6) is 0 Å². The van der Waals surface area contributed by atoms with Crippen molar-refractivity contribution >= 4 is 0 Å². The Morgan fingerprint density at radius 1 is 1.05 bits per heavy atom. The van der Waals surface area contributed by atoms with Crippen LogP contribution in [0.2, 0.25) is 0 Å². The number of aromatic nitrogens is 1. The van der Waals surface area contributed by atoms with Gasteiger partial charge in [0.25, 0.3) is 0 Å². The zero-order chi connectivity index (χ0) is 13.2. The molecule has 0 radical (unpaired) electrons. The van der Waals surface area contributed by atoms with E-state index in [1.807, 2.05) is 0 Å². The van der Waals surface area contributed by atoms with Gasteiger partial charge in [0.1, 0.15) is 0 Å². The molecule has 4 bridgehead atoms. The molecule has 2 heterocycles. The largest absolute Gasteiger partial charge is 0.346 e. The molecule has 2 heteroatoms. The van der Waals surface area contributed by atoms with Gasteiger partial charge in [0, 0.05) is 31.0 Å². The van der Waals surface area contributed by atoms with Crippen molar-refractivity contribution in [3.8, 4) is 0 Å². The van der Waals surface area contributed by atoms with E-state index in [-0.39, 0.29) is 0 Å². The van der Waals surface area contributed by atoms with E-state index in [4.69, 9.17) is 0 Å². The fraction of sp³-hybridized carbons (Fsp3) is 0.778. The predicted molar refractivity (Wildman–Crippen MR) is 80.4 cm³/mol. The van der Waals surface area contributed by atoms with Gasteiger partial charge in [0.2, 0.25) is 0 Å². The van der Waals surface area contributed by atoms with Gasteiger partial charge in [-0.15, -0.1) is 0 Å². The summed E-state index contributed by atoms with van der Waals surface area (Å²) in [4.78, 5) is 0. The molecule has 0 unspecified atom stereocenters. The highest BCUT2D eigenvalue weighted by molar-refractivity contribution is 5.20. The van der Waals surface area contributed by atoms with Crippen LogP contribution in [0.4, 0.5) is 0 Å². The van der Waals surface area contributed by atoms with Crippen LogP contribution in [0.3, 0.4) is 0 Å². The van der Waals surface area contributed by atoms with Gasteiger partial charge in [-0.05, 0) is 80.2 Å². The van der Waals surface area contributed by atoms with E-state index in [0.29, 0.717) is 5.41 Å². The van der Waals surface area contributed by atoms with Crippen LogP contribution in [0.25, 0.3) is 0 Å². The third-order valence-electron chi connectivity index (χ3n) is 6.70. The molecule has 0 aromatic carbocycles. The van der Waals surface area contributed by atoms with Crippen molar-refractivity contribution < 1.29 is 0 Å². The van der Waals surface area contributed by atoms with E-state index in [1.54, 1.807) is 44.2 Å². The Kier molecular flexibility index (Phi) is 2.45. The van der Waals surface area contributed by atoms with Gasteiger partial charge in [-0.25, -0.2) is 0 Å². The molecule has 4 aliphatic carbocycles. The van der Waals surface area contributed by atoms with Gasteiger partial charge in [0.05, 0.1) is 0 Å². The molecule has 1 N–H and O–H groups in total. The summed E-state index contributed by atoms with van der Waals surface area (Å²) in [6.07, 6.45) is 10.7. The first-order chi connectivity index (χ1) is 9.80. The van der Waals surface area contributed by atoms with Crippen molar-refractivity contribution in [1.82, 2.24) is 9.88 Å². The minimum absolute atomic E-state index is 0.689. The molecule has 108 valence electrons. The summed E-state index contributed by atoms with van der Waals surface area (Å²) in [5.41, 5.74) is 3.84. The van der Waals surface area contributed by atoms with E-state index in [2.05, 4.69) is 22.0 Å². The lowest BCUT2D eigenvalue weighted by Crippen LogP contribution is -2.47. The van der Waals surface area contributed by atoms with Crippen LogP contribution in [0.1, 0.15) is 49.9 Å². The molecule has 1 aromatic rings. The Labute approximate surface area is 121 Å². The molecule has 0 saturated heterocycles. The smallest absolute Gasteiger partial charge is 0.0360 e. The third kappa shape index (κ3) is 1.73. The number of nitrogens with zero attached hydrogens (tertiary/aromatic N) is 1. The summed E-state index contributed by atoms with van der Waals surface area (Å²) in [6.45, 7) is 3.40. The van der Waals surface area contributed by atoms with Crippen molar-refractivity contribution in [1.29, 1.82) is 0 Å². The molecule has 0 amide bonds. The van der Waals surface area contributed by atoms with Gasteiger partial charge in [-0.3, -0.25) is 0 Å². The molecule has 5 aliphatic rings. The van der Waals surface area contributed by atoms with E-state index < -0.39 is 0 Å². The van der Waals surface area contributed by atoms with Crippen molar-refractivity contribution in [2.24, 2.45) is 23.2 Å². The summed E-state index contributed by atoms with van der Waals surface area (Å²) >= 11 is 0. The lowest BCUT2D eigenvalue weighted by Gasteiger charge is -2.57. The zero-order valence-corrected chi connectivity index (χ0v) is 12.4. The molecule has 6 rings (SSSR count). The van der Waals surface area contributed by atoms with E-state index in [0.717, 1.165) is 30.8 Å². The third-order valence-corrected chi connectivity index (χ3v) is 6.70. The van der Waals surface area contributed by atoms with Gasteiger partial charge in [-0.2, -0.15) is 0 Å².